The second-order valence-electron chi connectivity index (χ2n) is 6.74. The Bertz CT molecular complexity index is 379. The zero-order chi connectivity index (χ0) is 14.4. The Labute approximate surface area is 124 Å². The summed E-state index contributed by atoms with van der Waals surface area (Å²) in [6, 6.07) is 0.720. The molecule has 0 radical (unpaired) electrons. The normalized spacial score (nSPS) is 27.6. The molecule has 2 N–H and O–H groups in total. The maximum Gasteiger partial charge on any atom is 0.211 e. The highest BCUT2D eigenvalue weighted by atomic mass is 32.2. The molecular weight excluding hydrogens is 272 g/mol. The summed E-state index contributed by atoms with van der Waals surface area (Å²) >= 11 is 0. The second kappa shape index (κ2) is 7.76. The lowest BCUT2D eigenvalue weighted by Crippen LogP contribution is -2.33. The molecule has 2 aliphatic rings. The van der Waals surface area contributed by atoms with Crippen molar-refractivity contribution < 1.29 is 8.42 Å². The van der Waals surface area contributed by atoms with Gasteiger partial charge in [0, 0.05) is 12.6 Å². The van der Waals surface area contributed by atoms with Crippen LogP contribution >= 0.6 is 0 Å². The van der Waals surface area contributed by atoms with Gasteiger partial charge in [0.05, 0.1) is 5.75 Å². The highest BCUT2D eigenvalue weighted by Crippen LogP contribution is 2.28. The van der Waals surface area contributed by atoms with Crippen LogP contribution < -0.4 is 10.0 Å². The van der Waals surface area contributed by atoms with Gasteiger partial charge in [0.1, 0.15) is 0 Å². The van der Waals surface area contributed by atoms with E-state index in [1.165, 1.54) is 38.5 Å². The van der Waals surface area contributed by atoms with E-state index < -0.39 is 10.0 Å². The summed E-state index contributed by atoms with van der Waals surface area (Å²) in [5, 5.41) is 3.42. The predicted molar refractivity (Wildman–Crippen MR) is 83.2 cm³/mol. The lowest BCUT2D eigenvalue weighted by atomic mass is 9.83. The zero-order valence-corrected chi connectivity index (χ0v) is 13.6. The molecule has 20 heavy (non-hydrogen) atoms. The van der Waals surface area contributed by atoms with Gasteiger partial charge in [-0.2, -0.15) is 0 Å². The fourth-order valence-corrected chi connectivity index (χ4v) is 4.29. The van der Waals surface area contributed by atoms with Crippen LogP contribution in [0.2, 0.25) is 0 Å². The van der Waals surface area contributed by atoms with E-state index in [1.807, 2.05) is 0 Å². The molecule has 0 aromatic heterocycles. The van der Waals surface area contributed by atoms with E-state index in [-0.39, 0.29) is 5.75 Å². The van der Waals surface area contributed by atoms with E-state index >= 15 is 0 Å². The standard InChI is InChI=1S/C15H30N2O2S/c1-13-5-4-6-14(11-13)12-17-20(18,19)10-3-2-9-16-15-7-8-15/h13-17H,2-12H2,1H3. The molecule has 0 amide bonds. The van der Waals surface area contributed by atoms with E-state index in [0.717, 1.165) is 31.3 Å². The molecule has 4 nitrogen and oxygen atoms in total. The summed E-state index contributed by atoms with van der Waals surface area (Å²) < 4.78 is 26.7. The largest absolute Gasteiger partial charge is 0.314 e. The summed E-state index contributed by atoms with van der Waals surface area (Å²) in [4.78, 5) is 0. The smallest absolute Gasteiger partial charge is 0.211 e. The molecule has 0 aromatic rings. The molecule has 0 heterocycles. The second-order valence-corrected chi connectivity index (χ2v) is 8.67. The SMILES string of the molecule is CC1CCCC(CNS(=O)(=O)CCCCNC2CC2)C1. The van der Waals surface area contributed by atoms with E-state index in [1.54, 1.807) is 0 Å². The Kier molecular flexibility index (Phi) is 6.30. The van der Waals surface area contributed by atoms with Gasteiger partial charge in [-0.05, 0) is 56.9 Å². The fraction of sp³-hybridized carbons (Fsp3) is 1.00. The Hall–Kier alpha value is -0.130. The first kappa shape index (κ1) is 16.2. The molecule has 0 spiro atoms. The van der Waals surface area contributed by atoms with Crippen LogP contribution in [0.5, 0.6) is 0 Å². The van der Waals surface area contributed by atoms with Crippen molar-refractivity contribution in [3.63, 3.8) is 0 Å². The third kappa shape index (κ3) is 6.55. The number of hydrogen-bond donors (Lipinski definition) is 2. The molecule has 2 rings (SSSR count). The zero-order valence-electron chi connectivity index (χ0n) is 12.7. The average Bonchev–Trinajstić information content (AvgIpc) is 3.20. The Balaban J connectivity index is 1.55. The van der Waals surface area contributed by atoms with Crippen molar-refractivity contribution >= 4 is 10.0 Å². The molecule has 0 aliphatic heterocycles. The maximum absolute atomic E-state index is 11.9. The minimum absolute atomic E-state index is 0.279. The van der Waals surface area contributed by atoms with E-state index in [0.29, 0.717) is 12.5 Å². The van der Waals surface area contributed by atoms with Gasteiger partial charge in [0.15, 0.2) is 0 Å². The monoisotopic (exact) mass is 302 g/mol. The van der Waals surface area contributed by atoms with E-state index in [4.69, 9.17) is 0 Å². The number of sulfonamides is 1. The van der Waals surface area contributed by atoms with Gasteiger partial charge in [-0.3, -0.25) is 0 Å². The minimum atomic E-state index is -3.06. The van der Waals surface area contributed by atoms with Crippen molar-refractivity contribution in [3.05, 3.63) is 0 Å². The molecule has 2 atom stereocenters. The molecule has 0 aromatic carbocycles. The third-order valence-corrected chi connectivity index (χ3v) is 5.92. The third-order valence-electron chi connectivity index (χ3n) is 4.49. The molecule has 0 bridgehead atoms. The Morgan fingerprint density at radius 3 is 2.60 bits per heavy atom. The van der Waals surface area contributed by atoms with Gasteiger partial charge in [0.2, 0.25) is 10.0 Å². The van der Waals surface area contributed by atoms with Crippen LogP contribution in [-0.4, -0.2) is 33.3 Å². The fourth-order valence-electron chi connectivity index (χ4n) is 3.07. The van der Waals surface area contributed by atoms with Gasteiger partial charge < -0.3 is 5.32 Å². The van der Waals surface area contributed by atoms with Crippen LogP contribution in [0.3, 0.4) is 0 Å². The first-order chi connectivity index (χ1) is 9.55. The number of unbranched alkanes of at least 4 members (excludes halogenated alkanes) is 1. The van der Waals surface area contributed by atoms with Crippen molar-refractivity contribution in [3.8, 4) is 0 Å². The molecule has 2 fully saturated rings. The Morgan fingerprint density at radius 1 is 1.10 bits per heavy atom. The molecule has 2 unspecified atom stereocenters. The summed E-state index contributed by atoms with van der Waals surface area (Å²) in [6.07, 6.45) is 9.21. The van der Waals surface area contributed by atoms with E-state index in [9.17, 15) is 8.42 Å². The number of rotatable bonds is 9. The number of hydrogen-bond acceptors (Lipinski definition) is 3. The van der Waals surface area contributed by atoms with Crippen molar-refractivity contribution in [2.45, 2.75) is 64.3 Å². The maximum atomic E-state index is 11.9. The van der Waals surface area contributed by atoms with Gasteiger partial charge in [-0.15, -0.1) is 0 Å². The molecule has 118 valence electrons. The van der Waals surface area contributed by atoms with Gasteiger partial charge in [-0.1, -0.05) is 19.8 Å². The van der Waals surface area contributed by atoms with Crippen LogP contribution in [0.25, 0.3) is 0 Å². The predicted octanol–water partition coefficient (Wildman–Crippen LogP) is 2.26. The lowest BCUT2D eigenvalue weighted by molar-refractivity contribution is 0.283. The lowest BCUT2D eigenvalue weighted by Gasteiger charge is -2.26. The first-order valence-corrected chi connectivity index (χ1v) is 9.91. The first-order valence-electron chi connectivity index (χ1n) is 8.26. The van der Waals surface area contributed by atoms with Crippen LogP contribution in [0.4, 0.5) is 0 Å². The molecular formula is C15H30N2O2S. The van der Waals surface area contributed by atoms with Crippen molar-refractivity contribution in [1.29, 1.82) is 0 Å². The summed E-state index contributed by atoms with van der Waals surface area (Å²) in [7, 11) is -3.06. The number of nitrogens with one attached hydrogen (secondary N) is 2. The topological polar surface area (TPSA) is 58.2 Å². The molecule has 2 saturated carbocycles. The van der Waals surface area contributed by atoms with Gasteiger partial charge >= 0.3 is 0 Å². The van der Waals surface area contributed by atoms with Crippen LogP contribution in [0, 0.1) is 11.8 Å². The Morgan fingerprint density at radius 2 is 1.90 bits per heavy atom. The van der Waals surface area contributed by atoms with Gasteiger partial charge in [0.25, 0.3) is 0 Å². The summed E-state index contributed by atoms with van der Waals surface area (Å²) in [6.45, 7) is 3.88. The van der Waals surface area contributed by atoms with Crippen LogP contribution in [-0.2, 0) is 10.0 Å². The van der Waals surface area contributed by atoms with Crippen LogP contribution in [0.15, 0.2) is 0 Å². The average molecular weight is 302 g/mol. The van der Waals surface area contributed by atoms with Crippen molar-refractivity contribution in [2.24, 2.45) is 11.8 Å². The summed E-state index contributed by atoms with van der Waals surface area (Å²) in [5.41, 5.74) is 0. The molecule has 2 aliphatic carbocycles. The van der Waals surface area contributed by atoms with Crippen LogP contribution in [0.1, 0.15) is 58.3 Å². The van der Waals surface area contributed by atoms with Crippen molar-refractivity contribution in [2.75, 3.05) is 18.8 Å². The highest BCUT2D eigenvalue weighted by Gasteiger charge is 2.21. The quantitative estimate of drug-likeness (QED) is 0.642. The minimum Gasteiger partial charge on any atom is -0.314 e. The highest BCUT2D eigenvalue weighted by molar-refractivity contribution is 7.89. The van der Waals surface area contributed by atoms with E-state index in [2.05, 4.69) is 17.0 Å². The summed E-state index contributed by atoms with van der Waals surface area (Å²) in [5.74, 6) is 1.58. The van der Waals surface area contributed by atoms with Gasteiger partial charge in [-0.25, -0.2) is 13.1 Å². The molecule has 5 heteroatoms. The van der Waals surface area contributed by atoms with Crippen molar-refractivity contribution in [1.82, 2.24) is 10.0 Å². The molecule has 0 saturated heterocycles.